The summed E-state index contributed by atoms with van der Waals surface area (Å²) in [6.07, 6.45) is -0.618. The Morgan fingerprint density at radius 2 is 1.73 bits per heavy atom. The molecule has 0 aliphatic carbocycles. The lowest BCUT2D eigenvalue weighted by molar-refractivity contribution is -0.166. The van der Waals surface area contributed by atoms with Crippen LogP contribution in [0, 0.1) is 0 Å². The third-order valence-electron chi connectivity index (χ3n) is 2.67. The van der Waals surface area contributed by atoms with Crippen LogP contribution in [0.2, 0.25) is 5.02 Å². The van der Waals surface area contributed by atoms with Gasteiger partial charge in [0.2, 0.25) is 0 Å². The SMILES string of the molecule is CON(C)C(=O)CN(C(=O)OC(C)(C)C)c1ccc(Cl)cc1. The van der Waals surface area contributed by atoms with E-state index in [0.29, 0.717) is 10.7 Å². The van der Waals surface area contributed by atoms with Gasteiger partial charge in [-0.2, -0.15) is 0 Å². The molecular formula is C15H21ClN2O4. The minimum atomic E-state index is -0.669. The van der Waals surface area contributed by atoms with Crippen LogP contribution in [0.1, 0.15) is 20.8 Å². The van der Waals surface area contributed by atoms with Gasteiger partial charge in [-0.3, -0.25) is 14.5 Å². The number of rotatable bonds is 4. The molecule has 0 spiro atoms. The van der Waals surface area contributed by atoms with Crippen LogP contribution in [0.5, 0.6) is 0 Å². The van der Waals surface area contributed by atoms with Crippen LogP contribution in [0.4, 0.5) is 10.5 Å². The molecule has 1 aromatic carbocycles. The summed E-state index contributed by atoms with van der Waals surface area (Å²) in [7, 11) is 2.84. The number of hydrogen-bond acceptors (Lipinski definition) is 4. The Bertz CT molecular complexity index is 525. The van der Waals surface area contributed by atoms with E-state index in [1.54, 1.807) is 45.0 Å². The summed E-state index contributed by atoms with van der Waals surface area (Å²) < 4.78 is 5.34. The highest BCUT2D eigenvalue weighted by atomic mass is 35.5. The molecule has 7 heteroatoms. The van der Waals surface area contributed by atoms with E-state index in [4.69, 9.17) is 21.2 Å². The van der Waals surface area contributed by atoms with Gasteiger partial charge in [0.25, 0.3) is 5.91 Å². The molecule has 0 atom stereocenters. The van der Waals surface area contributed by atoms with Crippen molar-refractivity contribution in [3.05, 3.63) is 29.3 Å². The summed E-state index contributed by atoms with van der Waals surface area (Å²) in [6.45, 7) is 5.07. The fourth-order valence-corrected chi connectivity index (χ4v) is 1.66. The van der Waals surface area contributed by atoms with Crippen molar-refractivity contribution in [2.24, 2.45) is 0 Å². The van der Waals surface area contributed by atoms with Gasteiger partial charge in [0.1, 0.15) is 12.1 Å². The first kappa shape index (κ1) is 18.3. The van der Waals surface area contributed by atoms with Crippen molar-refractivity contribution >= 4 is 29.3 Å². The molecule has 0 saturated carbocycles. The number of benzene rings is 1. The van der Waals surface area contributed by atoms with Crippen molar-refractivity contribution in [1.29, 1.82) is 0 Å². The van der Waals surface area contributed by atoms with Crippen molar-refractivity contribution in [3.63, 3.8) is 0 Å². The molecule has 0 aliphatic heterocycles. The van der Waals surface area contributed by atoms with Crippen molar-refractivity contribution in [1.82, 2.24) is 5.06 Å². The monoisotopic (exact) mass is 328 g/mol. The van der Waals surface area contributed by atoms with Crippen LogP contribution in [0.3, 0.4) is 0 Å². The van der Waals surface area contributed by atoms with Gasteiger partial charge < -0.3 is 4.74 Å². The van der Waals surface area contributed by atoms with Crippen LogP contribution in [0.15, 0.2) is 24.3 Å². The normalized spacial score (nSPS) is 11.0. The summed E-state index contributed by atoms with van der Waals surface area (Å²) in [5.74, 6) is -0.386. The number of carbonyl (C=O) groups excluding carboxylic acids is 2. The molecule has 0 saturated heterocycles. The third kappa shape index (κ3) is 5.54. The predicted molar refractivity (Wildman–Crippen MR) is 84.8 cm³/mol. The minimum absolute atomic E-state index is 0.207. The van der Waals surface area contributed by atoms with Crippen molar-refractivity contribution < 1.29 is 19.2 Å². The second kappa shape index (κ2) is 7.47. The second-order valence-corrected chi connectivity index (χ2v) is 6.05. The van der Waals surface area contributed by atoms with Gasteiger partial charge in [0, 0.05) is 17.8 Å². The molecule has 0 aromatic heterocycles. The molecule has 0 aliphatic rings. The lowest BCUT2D eigenvalue weighted by Crippen LogP contribution is -2.43. The molecule has 122 valence electrons. The molecule has 0 fully saturated rings. The molecule has 0 bridgehead atoms. The number of ether oxygens (including phenoxy) is 1. The van der Waals surface area contributed by atoms with Gasteiger partial charge in [-0.1, -0.05) is 11.6 Å². The van der Waals surface area contributed by atoms with Gasteiger partial charge in [0.05, 0.1) is 7.11 Å². The summed E-state index contributed by atoms with van der Waals surface area (Å²) in [5.41, 5.74) is -0.158. The smallest absolute Gasteiger partial charge is 0.415 e. The molecule has 0 heterocycles. The number of amides is 2. The van der Waals surface area contributed by atoms with Gasteiger partial charge in [-0.25, -0.2) is 9.86 Å². The Kier molecular flexibility index (Phi) is 6.20. The predicted octanol–water partition coefficient (Wildman–Crippen LogP) is 3.10. The standard InChI is InChI=1S/C15H21ClN2O4/c1-15(2,3)22-14(20)18(10-13(19)17(4)21-5)12-8-6-11(16)7-9-12/h6-9H,10H2,1-5H3. The van der Waals surface area contributed by atoms with Crippen LogP contribution in [-0.4, -0.2) is 43.4 Å². The topological polar surface area (TPSA) is 59.1 Å². The van der Waals surface area contributed by atoms with Crippen LogP contribution in [-0.2, 0) is 14.4 Å². The average Bonchev–Trinajstić information content (AvgIpc) is 2.42. The van der Waals surface area contributed by atoms with E-state index >= 15 is 0 Å². The summed E-state index contributed by atoms with van der Waals surface area (Å²) in [4.78, 5) is 30.4. The lowest BCUT2D eigenvalue weighted by atomic mass is 10.2. The summed E-state index contributed by atoms with van der Waals surface area (Å²) in [5, 5.41) is 1.58. The average molecular weight is 329 g/mol. The Morgan fingerprint density at radius 3 is 2.18 bits per heavy atom. The van der Waals surface area contributed by atoms with Crippen molar-refractivity contribution in [3.8, 4) is 0 Å². The Balaban J connectivity index is 3.02. The fourth-order valence-electron chi connectivity index (χ4n) is 1.54. The quantitative estimate of drug-likeness (QED) is 0.797. The maximum absolute atomic E-state index is 12.3. The molecule has 0 radical (unpaired) electrons. The van der Waals surface area contributed by atoms with E-state index in [0.717, 1.165) is 5.06 Å². The van der Waals surface area contributed by atoms with Crippen LogP contribution >= 0.6 is 11.6 Å². The molecule has 6 nitrogen and oxygen atoms in total. The Morgan fingerprint density at radius 1 is 1.18 bits per heavy atom. The van der Waals surface area contributed by atoms with Gasteiger partial charge in [-0.05, 0) is 45.0 Å². The summed E-state index contributed by atoms with van der Waals surface area (Å²) >= 11 is 5.85. The third-order valence-corrected chi connectivity index (χ3v) is 2.92. The molecule has 0 N–H and O–H groups in total. The first-order valence-electron chi connectivity index (χ1n) is 6.71. The van der Waals surface area contributed by atoms with Crippen molar-refractivity contribution in [2.75, 3.05) is 25.6 Å². The highest BCUT2D eigenvalue weighted by Crippen LogP contribution is 2.21. The number of halogens is 1. The molecule has 2 amide bonds. The molecule has 1 aromatic rings. The molecule has 1 rings (SSSR count). The zero-order valence-corrected chi connectivity index (χ0v) is 14.2. The van der Waals surface area contributed by atoms with Gasteiger partial charge >= 0.3 is 6.09 Å². The zero-order chi connectivity index (χ0) is 16.9. The van der Waals surface area contributed by atoms with E-state index in [2.05, 4.69) is 0 Å². The second-order valence-electron chi connectivity index (χ2n) is 5.62. The van der Waals surface area contributed by atoms with Gasteiger partial charge in [-0.15, -0.1) is 0 Å². The van der Waals surface area contributed by atoms with E-state index in [1.165, 1.54) is 19.1 Å². The first-order chi connectivity index (χ1) is 10.1. The first-order valence-corrected chi connectivity index (χ1v) is 7.08. The lowest BCUT2D eigenvalue weighted by Gasteiger charge is -2.28. The number of carbonyl (C=O) groups is 2. The van der Waals surface area contributed by atoms with E-state index in [-0.39, 0.29) is 12.5 Å². The largest absolute Gasteiger partial charge is 0.443 e. The fraction of sp³-hybridized carbons (Fsp3) is 0.467. The number of anilines is 1. The van der Waals surface area contributed by atoms with E-state index < -0.39 is 11.7 Å². The number of nitrogens with zero attached hydrogens (tertiary/aromatic N) is 2. The number of hydrogen-bond donors (Lipinski definition) is 0. The maximum Gasteiger partial charge on any atom is 0.415 e. The van der Waals surface area contributed by atoms with Crippen LogP contribution in [0.25, 0.3) is 0 Å². The van der Waals surface area contributed by atoms with Crippen LogP contribution < -0.4 is 4.90 Å². The number of hydroxylamine groups is 2. The Labute approximate surface area is 135 Å². The zero-order valence-electron chi connectivity index (χ0n) is 13.4. The molecular weight excluding hydrogens is 308 g/mol. The van der Waals surface area contributed by atoms with E-state index in [9.17, 15) is 9.59 Å². The van der Waals surface area contributed by atoms with Crippen molar-refractivity contribution in [2.45, 2.75) is 26.4 Å². The Hall–Kier alpha value is -1.79. The molecule has 22 heavy (non-hydrogen) atoms. The minimum Gasteiger partial charge on any atom is -0.443 e. The van der Waals surface area contributed by atoms with E-state index in [1.807, 2.05) is 0 Å². The number of likely N-dealkylation sites (N-methyl/N-ethyl adjacent to an activating group) is 1. The molecule has 0 unspecified atom stereocenters. The maximum atomic E-state index is 12.3. The highest BCUT2D eigenvalue weighted by molar-refractivity contribution is 6.30. The highest BCUT2D eigenvalue weighted by Gasteiger charge is 2.26. The summed E-state index contributed by atoms with van der Waals surface area (Å²) in [6, 6.07) is 6.57. The van der Waals surface area contributed by atoms with Gasteiger partial charge in [0.15, 0.2) is 0 Å².